The van der Waals surface area contributed by atoms with Crippen molar-refractivity contribution in [3.05, 3.63) is 30.1 Å². The van der Waals surface area contributed by atoms with Crippen molar-refractivity contribution in [1.29, 1.82) is 0 Å². The zero-order valence-corrected chi connectivity index (χ0v) is 18.0. The Balaban J connectivity index is 1.65. The molecule has 1 aromatic carbocycles. The van der Waals surface area contributed by atoms with Gasteiger partial charge in [-0.15, -0.1) is 0 Å². The van der Waals surface area contributed by atoms with Crippen LogP contribution in [-0.2, 0) is 18.3 Å². The quantitative estimate of drug-likeness (QED) is 0.609. The minimum absolute atomic E-state index is 0.0458. The van der Waals surface area contributed by atoms with Crippen LogP contribution in [0.4, 0.5) is 4.79 Å². The van der Waals surface area contributed by atoms with Crippen LogP contribution in [0.25, 0.3) is 11.0 Å². The van der Waals surface area contributed by atoms with Gasteiger partial charge in [-0.25, -0.2) is 14.8 Å². The van der Waals surface area contributed by atoms with Crippen LogP contribution in [0, 0.1) is 0 Å². The molecular weight excluding hydrogens is 368 g/mol. The van der Waals surface area contributed by atoms with Crippen molar-refractivity contribution in [3.8, 4) is 0 Å². The molecule has 8 heteroatoms. The second-order valence-corrected chi connectivity index (χ2v) is 8.32. The van der Waals surface area contributed by atoms with Crippen LogP contribution in [0.5, 0.6) is 0 Å². The standard InChI is InChI=1S/C21H32N6O2/c1-6-22-19(23-13-18-25-16-9-7-8-10-17(16)26(18)5)27-12-11-15(14-27)24-20(28)29-21(2,3)4/h7-10,15H,6,11-14H2,1-5H3,(H,22,23)(H,24,28). The molecule has 1 aliphatic heterocycles. The van der Waals surface area contributed by atoms with E-state index in [1.54, 1.807) is 0 Å². The predicted molar refractivity (Wildman–Crippen MR) is 115 cm³/mol. The number of hydrogen-bond acceptors (Lipinski definition) is 4. The molecule has 158 valence electrons. The summed E-state index contributed by atoms with van der Waals surface area (Å²) in [5.74, 6) is 1.76. The van der Waals surface area contributed by atoms with Crippen molar-refractivity contribution < 1.29 is 9.53 Å². The lowest BCUT2D eigenvalue weighted by atomic mass is 10.2. The van der Waals surface area contributed by atoms with E-state index < -0.39 is 5.60 Å². The number of amides is 1. The van der Waals surface area contributed by atoms with Crippen LogP contribution in [0.15, 0.2) is 29.3 Å². The van der Waals surface area contributed by atoms with E-state index in [9.17, 15) is 4.79 Å². The van der Waals surface area contributed by atoms with Crippen LogP contribution in [0.2, 0.25) is 0 Å². The summed E-state index contributed by atoms with van der Waals surface area (Å²) in [5.41, 5.74) is 1.59. The van der Waals surface area contributed by atoms with E-state index in [0.717, 1.165) is 42.3 Å². The minimum atomic E-state index is -0.496. The Hall–Kier alpha value is -2.77. The third-order valence-corrected chi connectivity index (χ3v) is 4.79. The van der Waals surface area contributed by atoms with Crippen molar-refractivity contribution >= 4 is 23.1 Å². The number of guanidine groups is 1. The van der Waals surface area contributed by atoms with Crippen LogP contribution in [0.3, 0.4) is 0 Å². The molecule has 0 aliphatic carbocycles. The zero-order valence-electron chi connectivity index (χ0n) is 18.0. The molecule has 29 heavy (non-hydrogen) atoms. The first-order chi connectivity index (χ1) is 13.8. The molecule has 1 aromatic heterocycles. The smallest absolute Gasteiger partial charge is 0.407 e. The highest BCUT2D eigenvalue weighted by Crippen LogP contribution is 2.16. The SMILES string of the molecule is CCNC(=NCc1nc2ccccc2n1C)N1CCC(NC(=O)OC(C)(C)C)C1. The molecule has 0 saturated carbocycles. The molecule has 1 atom stereocenters. The number of aromatic nitrogens is 2. The van der Waals surface area contributed by atoms with Gasteiger partial charge in [0.15, 0.2) is 5.96 Å². The number of alkyl carbamates (subject to hydrolysis) is 1. The molecule has 0 radical (unpaired) electrons. The number of carbonyl (C=O) groups is 1. The van der Waals surface area contributed by atoms with E-state index in [4.69, 9.17) is 14.7 Å². The summed E-state index contributed by atoms with van der Waals surface area (Å²) in [7, 11) is 2.02. The number of carbonyl (C=O) groups excluding carboxylic acids is 1. The molecular formula is C21H32N6O2. The summed E-state index contributed by atoms with van der Waals surface area (Å²) in [6.07, 6.45) is 0.488. The molecule has 1 unspecified atom stereocenters. The fourth-order valence-electron chi connectivity index (χ4n) is 3.45. The molecule has 0 spiro atoms. The summed E-state index contributed by atoms with van der Waals surface area (Å²) >= 11 is 0. The summed E-state index contributed by atoms with van der Waals surface area (Å²) in [4.78, 5) is 23.7. The molecule has 2 aromatic rings. The molecule has 1 fully saturated rings. The van der Waals surface area contributed by atoms with Gasteiger partial charge in [0.1, 0.15) is 18.0 Å². The van der Waals surface area contributed by atoms with Crippen LogP contribution < -0.4 is 10.6 Å². The fourth-order valence-corrected chi connectivity index (χ4v) is 3.45. The van der Waals surface area contributed by atoms with Crippen LogP contribution in [0.1, 0.15) is 39.9 Å². The average Bonchev–Trinajstić information content (AvgIpc) is 3.22. The second kappa shape index (κ2) is 8.71. The number of nitrogens with zero attached hydrogens (tertiary/aromatic N) is 4. The number of ether oxygens (including phenoxy) is 1. The number of hydrogen-bond donors (Lipinski definition) is 2. The molecule has 3 rings (SSSR count). The Morgan fingerprint density at radius 3 is 2.79 bits per heavy atom. The van der Waals surface area contributed by atoms with E-state index in [1.807, 2.05) is 46.0 Å². The van der Waals surface area contributed by atoms with Crippen LogP contribution in [-0.4, -0.2) is 57.8 Å². The number of benzene rings is 1. The van der Waals surface area contributed by atoms with E-state index in [0.29, 0.717) is 13.1 Å². The lowest BCUT2D eigenvalue weighted by Gasteiger charge is -2.23. The number of fused-ring (bicyclic) bond motifs is 1. The van der Waals surface area contributed by atoms with Crippen molar-refractivity contribution in [1.82, 2.24) is 25.1 Å². The summed E-state index contributed by atoms with van der Waals surface area (Å²) in [6, 6.07) is 8.14. The van der Waals surface area contributed by atoms with E-state index in [1.165, 1.54) is 0 Å². The number of likely N-dealkylation sites (tertiary alicyclic amines) is 1. The number of nitrogens with one attached hydrogen (secondary N) is 2. The zero-order chi connectivity index (χ0) is 21.0. The Morgan fingerprint density at radius 1 is 1.34 bits per heavy atom. The lowest BCUT2D eigenvalue weighted by molar-refractivity contribution is 0.0507. The summed E-state index contributed by atoms with van der Waals surface area (Å²) < 4.78 is 7.45. The monoisotopic (exact) mass is 400 g/mol. The summed E-state index contributed by atoms with van der Waals surface area (Å²) in [6.45, 7) is 10.5. The lowest BCUT2D eigenvalue weighted by Crippen LogP contribution is -2.44. The highest BCUT2D eigenvalue weighted by Gasteiger charge is 2.28. The second-order valence-electron chi connectivity index (χ2n) is 8.32. The van der Waals surface area contributed by atoms with Crippen molar-refractivity contribution in [2.24, 2.45) is 12.0 Å². The molecule has 1 aliphatic rings. The normalized spacial score (nSPS) is 17.6. The van der Waals surface area contributed by atoms with Gasteiger partial charge in [-0.2, -0.15) is 0 Å². The Morgan fingerprint density at radius 2 is 2.10 bits per heavy atom. The van der Waals surface area contributed by atoms with Gasteiger partial charge in [0.05, 0.1) is 17.1 Å². The first-order valence-electron chi connectivity index (χ1n) is 10.2. The maximum absolute atomic E-state index is 12.0. The first-order valence-corrected chi connectivity index (χ1v) is 10.2. The van der Waals surface area contributed by atoms with Gasteiger partial charge in [-0.05, 0) is 46.2 Å². The van der Waals surface area contributed by atoms with E-state index in [2.05, 4.69) is 33.1 Å². The minimum Gasteiger partial charge on any atom is -0.444 e. The fraction of sp³-hybridized carbons (Fsp3) is 0.571. The first kappa shape index (κ1) is 21.0. The Bertz CT molecular complexity index is 883. The Labute approximate surface area is 172 Å². The number of para-hydroxylation sites is 2. The van der Waals surface area contributed by atoms with Gasteiger partial charge in [0.2, 0.25) is 0 Å². The third-order valence-electron chi connectivity index (χ3n) is 4.79. The van der Waals surface area contributed by atoms with E-state index in [-0.39, 0.29) is 12.1 Å². The maximum Gasteiger partial charge on any atom is 0.407 e. The van der Waals surface area contributed by atoms with Crippen molar-refractivity contribution in [3.63, 3.8) is 0 Å². The maximum atomic E-state index is 12.0. The molecule has 2 heterocycles. The van der Waals surface area contributed by atoms with Gasteiger partial charge in [0.25, 0.3) is 0 Å². The van der Waals surface area contributed by atoms with Gasteiger partial charge < -0.3 is 24.8 Å². The highest BCUT2D eigenvalue weighted by molar-refractivity contribution is 5.81. The largest absolute Gasteiger partial charge is 0.444 e. The van der Waals surface area contributed by atoms with E-state index >= 15 is 0 Å². The molecule has 1 saturated heterocycles. The molecule has 2 N–H and O–H groups in total. The average molecular weight is 401 g/mol. The highest BCUT2D eigenvalue weighted by atomic mass is 16.6. The summed E-state index contributed by atoms with van der Waals surface area (Å²) in [5, 5.41) is 6.32. The van der Waals surface area contributed by atoms with Crippen molar-refractivity contribution in [2.45, 2.75) is 52.3 Å². The van der Waals surface area contributed by atoms with Crippen LogP contribution >= 0.6 is 0 Å². The Kier molecular flexibility index (Phi) is 6.30. The molecule has 8 nitrogen and oxygen atoms in total. The van der Waals surface area contributed by atoms with Gasteiger partial charge in [-0.3, -0.25) is 0 Å². The topological polar surface area (TPSA) is 83.8 Å². The third kappa shape index (κ3) is 5.40. The van der Waals surface area contributed by atoms with Gasteiger partial charge in [-0.1, -0.05) is 12.1 Å². The van der Waals surface area contributed by atoms with Gasteiger partial charge >= 0.3 is 6.09 Å². The molecule has 0 bridgehead atoms. The number of aliphatic imine (C=N–C) groups is 1. The predicted octanol–water partition coefficient (Wildman–Crippen LogP) is 2.64. The molecule has 1 amide bonds. The number of imidazole rings is 1. The van der Waals surface area contributed by atoms with Crippen molar-refractivity contribution in [2.75, 3.05) is 19.6 Å². The number of aryl methyl sites for hydroxylation is 1. The number of rotatable bonds is 4. The van der Waals surface area contributed by atoms with Gasteiger partial charge in [0, 0.05) is 26.7 Å².